The lowest BCUT2D eigenvalue weighted by atomic mass is 10.0. The summed E-state index contributed by atoms with van der Waals surface area (Å²) in [7, 11) is 0. The molecule has 82 valence electrons. The molecule has 0 bridgehead atoms. The van der Waals surface area contributed by atoms with Gasteiger partial charge in [-0.3, -0.25) is 0 Å². The van der Waals surface area contributed by atoms with E-state index < -0.39 is 0 Å². The first-order valence-electron chi connectivity index (χ1n) is 5.46. The van der Waals surface area contributed by atoms with E-state index in [1.807, 2.05) is 0 Å². The van der Waals surface area contributed by atoms with E-state index in [0.717, 1.165) is 17.3 Å². The standard InChI is InChI=1S/C11H18N4/c1-6(2)9-10(12)13-5-14-11(9)15-8-4-7(8)3/h5-8H,4H2,1-3H3,(H3,12,13,14,15). The van der Waals surface area contributed by atoms with Crippen molar-refractivity contribution in [1.82, 2.24) is 9.97 Å². The number of nitrogen functional groups attached to an aromatic ring is 1. The highest BCUT2D eigenvalue weighted by atomic mass is 15.1. The molecule has 0 saturated heterocycles. The molecule has 0 aliphatic heterocycles. The normalized spacial score (nSPS) is 24.3. The van der Waals surface area contributed by atoms with Crippen molar-refractivity contribution in [1.29, 1.82) is 0 Å². The minimum absolute atomic E-state index is 0.350. The number of rotatable bonds is 3. The highest BCUT2D eigenvalue weighted by molar-refractivity contribution is 5.57. The first kappa shape index (κ1) is 10.2. The second kappa shape index (κ2) is 3.68. The van der Waals surface area contributed by atoms with Gasteiger partial charge in [0.2, 0.25) is 0 Å². The van der Waals surface area contributed by atoms with E-state index in [2.05, 4.69) is 36.1 Å². The largest absolute Gasteiger partial charge is 0.383 e. The van der Waals surface area contributed by atoms with Gasteiger partial charge in [0.25, 0.3) is 0 Å². The van der Waals surface area contributed by atoms with E-state index in [-0.39, 0.29) is 0 Å². The van der Waals surface area contributed by atoms with Crippen LogP contribution in [0.3, 0.4) is 0 Å². The van der Waals surface area contributed by atoms with Crippen LogP contribution in [-0.2, 0) is 0 Å². The van der Waals surface area contributed by atoms with Crippen LogP contribution in [0.25, 0.3) is 0 Å². The molecule has 4 heteroatoms. The summed E-state index contributed by atoms with van der Waals surface area (Å²) < 4.78 is 0. The molecule has 1 aromatic rings. The van der Waals surface area contributed by atoms with Gasteiger partial charge >= 0.3 is 0 Å². The predicted molar refractivity (Wildman–Crippen MR) is 61.7 cm³/mol. The van der Waals surface area contributed by atoms with Gasteiger partial charge in [-0.1, -0.05) is 20.8 Å². The summed E-state index contributed by atoms with van der Waals surface area (Å²) in [6.45, 7) is 6.45. The Hall–Kier alpha value is -1.32. The number of aromatic nitrogens is 2. The van der Waals surface area contributed by atoms with Crippen molar-refractivity contribution in [3.8, 4) is 0 Å². The zero-order chi connectivity index (χ0) is 11.0. The molecule has 1 saturated carbocycles. The van der Waals surface area contributed by atoms with Crippen molar-refractivity contribution < 1.29 is 0 Å². The van der Waals surface area contributed by atoms with Crippen molar-refractivity contribution in [2.45, 2.75) is 39.2 Å². The maximum absolute atomic E-state index is 5.86. The minimum Gasteiger partial charge on any atom is -0.383 e. The van der Waals surface area contributed by atoms with Crippen molar-refractivity contribution in [3.05, 3.63) is 11.9 Å². The Labute approximate surface area is 90.3 Å². The third kappa shape index (κ3) is 2.03. The predicted octanol–water partition coefficient (Wildman–Crippen LogP) is 2.00. The van der Waals surface area contributed by atoms with Crippen LogP contribution < -0.4 is 11.1 Å². The van der Waals surface area contributed by atoms with Gasteiger partial charge in [-0.05, 0) is 18.3 Å². The molecule has 1 aliphatic carbocycles. The smallest absolute Gasteiger partial charge is 0.135 e. The molecule has 1 fully saturated rings. The molecule has 1 aliphatic rings. The Kier molecular flexibility index (Phi) is 2.50. The van der Waals surface area contributed by atoms with Gasteiger partial charge in [0.05, 0.1) is 0 Å². The van der Waals surface area contributed by atoms with Crippen molar-refractivity contribution in [2.24, 2.45) is 5.92 Å². The van der Waals surface area contributed by atoms with E-state index in [9.17, 15) is 0 Å². The third-order valence-corrected chi connectivity index (χ3v) is 2.92. The zero-order valence-electron chi connectivity index (χ0n) is 9.49. The van der Waals surface area contributed by atoms with E-state index >= 15 is 0 Å². The van der Waals surface area contributed by atoms with Gasteiger partial charge in [0, 0.05) is 11.6 Å². The van der Waals surface area contributed by atoms with Crippen LogP contribution in [-0.4, -0.2) is 16.0 Å². The van der Waals surface area contributed by atoms with Crippen LogP contribution >= 0.6 is 0 Å². The van der Waals surface area contributed by atoms with Gasteiger partial charge in [-0.2, -0.15) is 0 Å². The number of nitrogens with two attached hydrogens (primary N) is 1. The number of nitrogens with zero attached hydrogens (tertiary/aromatic N) is 2. The molecule has 2 atom stereocenters. The van der Waals surface area contributed by atoms with Crippen molar-refractivity contribution in [3.63, 3.8) is 0 Å². The number of anilines is 2. The van der Waals surface area contributed by atoms with Crippen LogP contribution in [0.15, 0.2) is 6.33 Å². The van der Waals surface area contributed by atoms with Crippen LogP contribution in [0.5, 0.6) is 0 Å². The third-order valence-electron chi connectivity index (χ3n) is 2.92. The van der Waals surface area contributed by atoms with Crippen LogP contribution in [0, 0.1) is 5.92 Å². The molecule has 2 rings (SSSR count). The quantitative estimate of drug-likeness (QED) is 0.794. The van der Waals surface area contributed by atoms with E-state index in [4.69, 9.17) is 5.73 Å². The summed E-state index contributed by atoms with van der Waals surface area (Å²) in [5.41, 5.74) is 6.90. The van der Waals surface area contributed by atoms with Gasteiger partial charge < -0.3 is 11.1 Å². The van der Waals surface area contributed by atoms with Crippen LogP contribution in [0.1, 0.15) is 38.7 Å². The molecule has 2 unspecified atom stereocenters. The van der Waals surface area contributed by atoms with Crippen molar-refractivity contribution in [2.75, 3.05) is 11.1 Å². The summed E-state index contributed by atoms with van der Waals surface area (Å²) in [5.74, 6) is 2.60. The summed E-state index contributed by atoms with van der Waals surface area (Å²) >= 11 is 0. The second-order valence-electron chi connectivity index (χ2n) is 4.64. The lowest BCUT2D eigenvalue weighted by Crippen LogP contribution is -2.11. The van der Waals surface area contributed by atoms with Crippen molar-refractivity contribution >= 4 is 11.6 Å². The number of hydrogen-bond donors (Lipinski definition) is 2. The average Bonchev–Trinajstić information content (AvgIpc) is 2.81. The molecule has 0 aromatic carbocycles. The fraction of sp³-hybridized carbons (Fsp3) is 0.636. The molecule has 1 heterocycles. The summed E-state index contributed by atoms with van der Waals surface area (Å²) in [6.07, 6.45) is 2.75. The van der Waals surface area contributed by atoms with Gasteiger partial charge in [-0.15, -0.1) is 0 Å². The Balaban J connectivity index is 2.25. The number of hydrogen-bond acceptors (Lipinski definition) is 4. The molecule has 4 nitrogen and oxygen atoms in total. The maximum Gasteiger partial charge on any atom is 0.135 e. The Bertz CT molecular complexity index is 362. The van der Waals surface area contributed by atoms with Crippen LogP contribution in [0.2, 0.25) is 0 Å². The summed E-state index contributed by atoms with van der Waals surface area (Å²) in [4.78, 5) is 8.31. The maximum atomic E-state index is 5.86. The molecule has 3 N–H and O–H groups in total. The Morgan fingerprint density at radius 1 is 1.47 bits per heavy atom. The van der Waals surface area contributed by atoms with Gasteiger partial charge in [-0.25, -0.2) is 9.97 Å². The van der Waals surface area contributed by atoms with E-state index in [0.29, 0.717) is 17.8 Å². The fourth-order valence-corrected chi connectivity index (χ4v) is 1.79. The van der Waals surface area contributed by atoms with Crippen LogP contribution in [0.4, 0.5) is 11.6 Å². The molecule has 15 heavy (non-hydrogen) atoms. The lowest BCUT2D eigenvalue weighted by Gasteiger charge is -2.14. The summed E-state index contributed by atoms with van der Waals surface area (Å²) in [6, 6.07) is 0.566. The van der Waals surface area contributed by atoms with Gasteiger partial charge in [0.1, 0.15) is 18.0 Å². The highest BCUT2D eigenvalue weighted by Crippen LogP contribution is 2.35. The molecule has 0 spiro atoms. The first-order valence-corrected chi connectivity index (χ1v) is 5.46. The van der Waals surface area contributed by atoms with E-state index in [1.54, 1.807) is 0 Å². The Morgan fingerprint density at radius 3 is 2.67 bits per heavy atom. The first-order chi connectivity index (χ1) is 7.09. The average molecular weight is 206 g/mol. The highest BCUT2D eigenvalue weighted by Gasteiger charge is 2.33. The molecule has 0 amide bonds. The zero-order valence-corrected chi connectivity index (χ0v) is 9.49. The molecular formula is C11H18N4. The van der Waals surface area contributed by atoms with Gasteiger partial charge in [0.15, 0.2) is 0 Å². The van der Waals surface area contributed by atoms with E-state index in [1.165, 1.54) is 12.7 Å². The topological polar surface area (TPSA) is 63.8 Å². The molecule has 1 aromatic heterocycles. The second-order valence-corrected chi connectivity index (χ2v) is 4.64. The Morgan fingerprint density at radius 2 is 2.13 bits per heavy atom. The molecular weight excluding hydrogens is 188 g/mol. The summed E-state index contributed by atoms with van der Waals surface area (Å²) in [5, 5.41) is 3.43. The lowest BCUT2D eigenvalue weighted by molar-refractivity contribution is 0.842. The fourth-order valence-electron chi connectivity index (χ4n) is 1.79. The number of nitrogens with one attached hydrogen (secondary N) is 1. The minimum atomic E-state index is 0.350. The SMILES string of the molecule is CC(C)c1c(N)ncnc1NC1CC1C. The monoisotopic (exact) mass is 206 g/mol. The molecule has 0 radical (unpaired) electrons.